The van der Waals surface area contributed by atoms with E-state index >= 15 is 0 Å². The van der Waals surface area contributed by atoms with Crippen molar-refractivity contribution in [2.45, 2.75) is 19.1 Å². The van der Waals surface area contributed by atoms with Crippen LogP contribution in [0.15, 0.2) is 24.3 Å². The molecule has 1 fully saturated rings. The van der Waals surface area contributed by atoms with Crippen LogP contribution >= 0.6 is 0 Å². The number of amides is 1. The van der Waals surface area contributed by atoms with Crippen molar-refractivity contribution in [3.8, 4) is 0 Å². The first-order valence-corrected chi connectivity index (χ1v) is 7.20. The zero-order valence-electron chi connectivity index (χ0n) is 12.3. The smallest absolute Gasteiger partial charge is 0.380 e. The van der Waals surface area contributed by atoms with Gasteiger partial charge in [-0.2, -0.15) is 13.2 Å². The van der Waals surface area contributed by atoms with Crippen LogP contribution in [0.25, 0.3) is 0 Å². The van der Waals surface area contributed by atoms with Crippen molar-refractivity contribution in [3.63, 3.8) is 0 Å². The van der Waals surface area contributed by atoms with Crippen molar-refractivity contribution in [1.29, 1.82) is 0 Å². The molecular weight excluding hydrogens is 297 g/mol. The SMILES string of the molecule is CCOCCN1CCNC(=O)C1c1ccccc1C(F)(F)F. The number of carbonyl (C=O) groups excluding carboxylic acids is 1. The summed E-state index contributed by atoms with van der Waals surface area (Å²) in [5.41, 5.74) is -0.776. The molecule has 0 saturated carbocycles. The summed E-state index contributed by atoms with van der Waals surface area (Å²) in [5, 5.41) is 2.64. The molecule has 0 spiro atoms. The van der Waals surface area contributed by atoms with Gasteiger partial charge in [-0.25, -0.2) is 0 Å². The van der Waals surface area contributed by atoms with Gasteiger partial charge in [-0.15, -0.1) is 0 Å². The van der Waals surface area contributed by atoms with Crippen LogP contribution in [0, 0.1) is 0 Å². The third-order valence-corrected chi connectivity index (χ3v) is 3.60. The third-order valence-electron chi connectivity index (χ3n) is 3.60. The van der Waals surface area contributed by atoms with Gasteiger partial charge in [0.25, 0.3) is 0 Å². The minimum atomic E-state index is -4.49. The monoisotopic (exact) mass is 316 g/mol. The highest BCUT2D eigenvalue weighted by Gasteiger charge is 2.39. The number of rotatable bonds is 5. The fourth-order valence-corrected chi connectivity index (χ4v) is 2.61. The number of benzene rings is 1. The predicted octanol–water partition coefficient (Wildman–Crippen LogP) is 2.21. The Kier molecular flexibility index (Phi) is 5.42. The maximum atomic E-state index is 13.2. The first-order chi connectivity index (χ1) is 10.4. The van der Waals surface area contributed by atoms with E-state index in [2.05, 4.69) is 5.32 Å². The molecular formula is C15H19F3N2O2. The first-order valence-electron chi connectivity index (χ1n) is 7.20. The lowest BCUT2D eigenvalue weighted by molar-refractivity contribution is -0.140. The van der Waals surface area contributed by atoms with Gasteiger partial charge in [0.05, 0.1) is 12.2 Å². The number of hydrogen-bond acceptors (Lipinski definition) is 3. The quantitative estimate of drug-likeness (QED) is 0.847. The molecule has 1 unspecified atom stereocenters. The Morgan fingerprint density at radius 3 is 2.77 bits per heavy atom. The average Bonchev–Trinajstić information content (AvgIpc) is 2.47. The van der Waals surface area contributed by atoms with Crippen molar-refractivity contribution in [2.24, 2.45) is 0 Å². The van der Waals surface area contributed by atoms with Crippen LogP contribution in [0.5, 0.6) is 0 Å². The Morgan fingerprint density at radius 1 is 1.36 bits per heavy atom. The molecule has 1 heterocycles. The van der Waals surface area contributed by atoms with Crippen LogP contribution in [-0.4, -0.2) is 43.7 Å². The molecule has 122 valence electrons. The van der Waals surface area contributed by atoms with Gasteiger partial charge >= 0.3 is 6.18 Å². The van der Waals surface area contributed by atoms with Crippen molar-refractivity contribution in [3.05, 3.63) is 35.4 Å². The lowest BCUT2D eigenvalue weighted by Gasteiger charge is -2.36. The Labute approximate surface area is 127 Å². The summed E-state index contributed by atoms with van der Waals surface area (Å²) in [6.45, 7) is 4.10. The molecule has 0 radical (unpaired) electrons. The van der Waals surface area contributed by atoms with Gasteiger partial charge in [-0.05, 0) is 18.6 Å². The molecule has 1 aliphatic rings. The van der Waals surface area contributed by atoms with Crippen molar-refractivity contribution >= 4 is 5.91 Å². The molecule has 2 rings (SSSR count). The maximum absolute atomic E-state index is 13.2. The van der Waals surface area contributed by atoms with Gasteiger partial charge in [0.15, 0.2) is 0 Å². The molecule has 1 N–H and O–H groups in total. The second-order valence-electron chi connectivity index (χ2n) is 5.01. The number of carbonyl (C=O) groups is 1. The molecule has 22 heavy (non-hydrogen) atoms. The van der Waals surface area contributed by atoms with Crippen molar-refractivity contribution in [1.82, 2.24) is 10.2 Å². The van der Waals surface area contributed by atoms with Gasteiger partial charge < -0.3 is 10.1 Å². The Balaban J connectivity index is 2.31. The van der Waals surface area contributed by atoms with Crippen LogP contribution in [0.4, 0.5) is 13.2 Å². The summed E-state index contributed by atoms with van der Waals surface area (Å²) in [6, 6.07) is 4.29. The average molecular weight is 316 g/mol. The Bertz CT molecular complexity index is 520. The zero-order valence-corrected chi connectivity index (χ0v) is 12.3. The number of hydrogen-bond donors (Lipinski definition) is 1. The Morgan fingerprint density at radius 2 is 2.09 bits per heavy atom. The highest BCUT2D eigenvalue weighted by atomic mass is 19.4. The maximum Gasteiger partial charge on any atom is 0.416 e. The van der Waals surface area contributed by atoms with Crippen LogP contribution in [-0.2, 0) is 15.7 Å². The van der Waals surface area contributed by atoms with E-state index in [1.54, 1.807) is 4.90 Å². The third kappa shape index (κ3) is 3.78. The van der Waals surface area contributed by atoms with E-state index in [1.165, 1.54) is 18.2 Å². The van der Waals surface area contributed by atoms with E-state index < -0.39 is 23.7 Å². The lowest BCUT2D eigenvalue weighted by Crippen LogP contribution is -2.51. The molecule has 1 aromatic rings. The number of piperazine rings is 1. The van der Waals surface area contributed by atoms with Gasteiger partial charge in [-0.1, -0.05) is 18.2 Å². The molecule has 0 aliphatic carbocycles. The molecule has 1 saturated heterocycles. The van der Waals surface area contributed by atoms with Gasteiger partial charge in [-0.3, -0.25) is 9.69 Å². The number of halogens is 3. The fourth-order valence-electron chi connectivity index (χ4n) is 2.61. The molecule has 4 nitrogen and oxygen atoms in total. The normalized spacial score (nSPS) is 20.0. The van der Waals surface area contributed by atoms with E-state index in [9.17, 15) is 18.0 Å². The topological polar surface area (TPSA) is 41.6 Å². The number of nitrogens with zero attached hydrogens (tertiary/aromatic N) is 1. The Hall–Kier alpha value is -1.60. The number of alkyl halides is 3. The second kappa shape index (κ2) is 7.11. The van der Waals surface area contributed by atoms with Crippen LogP contribution in [0.1, 0.15) is 24.1 Å². The molecule has 0 bridgehead atoms. The van der Waals surface area contributed by atoms with Gasteiger partial charge in [0, 0.05) is 26.2 Å². The minimum Gasteiger partial charge on any atom is -0.380 e. The second-order valence-corrected chi connectivity index (χ2v) is 5.01. The summed E-state index contributed by atoms with van der Waals surface area (Å²) in [5.74, 6) is -0.403. The minimum absolute atomic E-state index is 0.0105. The van der Waals surface area contributed by atoms with Gasteiger partial charge in [0.2, 0.25) is 5.91 Å². The lowest BCUT2D eigenvalue weighted by atomic mass is 9.96. The molecule has 7 heteroatoms. The van der Waals surface area contributed by atoms with Crippen LogP contribution < -0.4 is 5.32 Å². The van der Waals surface area contributed by atoms with Crippen LogP contribution in [0.3, 0.4) is 0 Å². The highest BCUT2D eigenvalue weighted by Crippen LogP contribution is 2.36. The van der Waals surface area contributed by atoms with E-state index in [0.717, 1.165) is 6.07 Å². The van der Waals surface area contributed by atoms with Gasteiger partial charge in [0.1, 0.15) is 6.04 Å². The van der Waals surface area contributed by atoms with E-state index in [4.69, 9.17) is 4.74 Å². The van der Waals surface area contributed by atoms with Crippen LogP contribution in [0.2, 0.25) is 0 Å². The summed E-state index contributed by atoms with van der Waals surface area (Å²) < 4.78 is 44.8. The number of nitrogens with one attached hydrogen (secondary N) is 1. The fraction of sp³-hybridized carbons (Fsp3) is 0.533. The molecule has 1 atom stereocenters. The van der Waals surface area contributed by atoms with E-state index in [1.807, 2.05) is 6.92 Å². The molecule has 1 aromatic carbocycles. The molecule has 1 amide bonds. The predicted molar refractivity (Wildman–Crippen MR) is 75.3 cm³/mol. The standard InChI is InChI=1S/C15H19F3N2O2/c1-2-22-10-9-20-8-7-19-14(21)13(20)11-5-3-4-6-12(11)15(16,17)18/h3-6,13H,2,7-10H2,1H3,(H,19,21). The highest BCUT2D eigenvalue weighted by molar-refractivity contribution is 5.84. The largest absolute Gasteiger partial charge is 0.416 e. The summed E-state index contributed by atoms with van der Waals surface area (Å²) in [4.78, 5) is 13.9. The molecule has 1 aliphatic heterocycles. The molecule has 0 aromatic heterocycles. The van der Waals surface area contributed by atoms with Crippen molar-refractivity contribution < 1.29 is 22.7 Å². The summed E-state index contributed by atoms with van der Waals surface area (Å²) >= 11 is 0. The van der Waals surface area contributed by atoms with E-state index in [0.29, 0.717) is 32.8 Å². The van der Waals surface area contributed by atoms with E-state index in [-0.39, 0.29) is 5.56 Å². The zero-order chi connectivity index (χ0) is 16.2. The number of ether oxygens (including phenoxy) is 1. The first kappa shape index (κ1) is 16.8. The van der Waals surface area contributed by atoms with Crippen molar-refractivity contribution in [2.75, 3.05) is 32.8 Å². The summed E-state index contributed by atoms with van der Waals surface area (Å²) in [7, 11) is 0. The summed E-state index contributed by atoms with van der Waals surface area (Å²) in [6.07, 6.45) is -4.49.